The quantitative estimate of drug-likeness (QED) is 0.0322. The third-order valence-corrected chi connectivity index (χ3v) is 12.2. The van der Waals surface area contributed by atoms with Crippen molar-refractivity contribution in [2.45, 2.75) is 296 Å². The summed E-state index contributed by atoms with van der Waals surface area (Å²) in [5, 5.41) is 23.8. The van der Waals surface area contributed by atoms with Crippen LogP contribution in [0, 0.1) is 0 Å². The Hall–Kier alpha value is -1.92. The summed E-state index contributed by atoms with van der Waals surface area (Å²) in [5.74, 6) is -0.561. The van der Waals surface area contributed by atoms with Crippen LogP contribution in [0.1, 0.15) is 278 Å². The molecule has 0 aromatic carbocycles. The van der Waals surface area contributed by atoms with Crippen molar-refractivity contribution in [1.29, 1.82) is 0 Å². The number of hydrogen-bond donors (Lipinski definition) is 3. The molecule has 6 heteroatoms. The zero-order chi connectivity index (χ0) is 44.5. The SMILES string of the molecule is CCCCCCCC/C=C\C/C=C/CCC(=O)OC(CCCCC/C=C/CCCCCCCCC)CC(=O)NC(CO)C(O)CCCCCCCCCCCCCCCCC. The van der Waals surface area contributed by atoms with Crippen molar-refractivity contribution in [1.82, 2.24) is 5.32 Å². The summed E-state index contributed by atoms with van der Waals surface area (Å²) in [4.78, 5) is 26.1. The second kappa shape index (κ2) is 49.1. The maximum absolute atomic E-state index is 13.2. The summed E-state index contributed by atoms with van der Waals surface area (Å²) >= 11 is 0. The Balaban J connectivity index is 4.62. The van der Waals surface area contributed by atoms with E-state index in [0.29, 0.717) is 19.3 Å². The smallest absolute Gasteiger partial charge is 0.306 e. The fourth-order valence-electron chi connectivity index (χ4n) is 8.13. The van der Waals surface area contributed by atoms with E-state index >= 15 is 0 Å². The topological polar surface area (TPSA) is 95.9 Å². The molecule has 0 heterocycles. The Bertz CT molecular complexity index is 1010. The van der Waals surface area contributed by atoms with Crippen LogP contribution in [0.4, 0.5) is 0 Å². The standard InChI is InChI=1S/C55H103NO5/c1-4-7-10-13-16-19-22-25-27-30-32-35-38-41-44-47-53(58)52(50-57)56-54(59)49-51(46-43-40-37-34-31-29-26-23-20-17-14-11-8-5-2)61-55(60)48-45-42-39-36-33-28-24-21-18-15-12-9-6-3/h28-29,31,33,39,42,51-53,57-58H,4-27,30,32,34-38,40-41,43-50H2,1-3H3,(H,56,59)/b31-29+,33-28-,42-39+. The summed E-state index contributed by atoms with van der Waals surface area (Å²) in [6, 6.07) is -0.715. The Kier molecular flexibility index (Phi) is 47.6. The summed E-state index contributed by atoms with van der Waals surface area (Å²) in [6.07, 6.45) is 57.9. The lowest BCUT2D eigenvalue weighted by molar-refractivity contribution is -0.150. The molecule has 0 saturated carbocycles. The van der Waals surface area contributed by atoms with Crippen LogP contribution in [0.25, 0.3) is 0 Å². The van der Waals surface area contributed by atoms with Crippen molar-refractivity contribution >= 4 is 11.9 Å². The van der Waals surface area contributed by atoms with E-state index in [1.165, 1.54) is 161 Å². The molecule has 0 radical (unpaired) electrons. The van der Waals surface area contributed by atoms with Gasteiger partial charge >= 0.3 is 5.97 Å². The highest BCUT2D eigenvalue weighted by atomic mass is 16.5. The number of nitrogens with one attached hydrogen (secondary N) is 1. The summed E-state index contributed by atoms with van der Waals surface area (Å²) in [5.41, 5.74) is 0. The number of esters is 1. The van der Waals surface area contributed by atoms with E-state index in [1.807, 2.05) is 6.08 Å². The minimum atomic E-state index is -0.798. The molecule has 358 valence electrons. The predicted octanol–water partition coefficient (Wildman–Crippen LogP) is 16.1. The zero-order valence-corrected chi connectivity index (χ0v) is 40.8. The minimum absolute atomic E-state index is 0.0471. The number of hydrogen-bond acceptors (Lipinski definition) is 5. The Labute approximate surface area is 379 Å². The molecule has 0 aromatic rings. The molecule has 0 aromatic heterocycles. The lowest BCUT2D eigenvalue weighted by Gasteiger charge is -2.24. The van der Waals surface area contributed by atoms with Crippen LogP contribution in [-0.2, 0) is 14.3 Å². The van der Waals surface area contributed by atoms with Gasteiger partial charge in [0.15, 0.2) is 0 Å². The van der Waals surface area contributed by atoms with Gasteiger partial charge in [-0.25, -0.2) is 0 Å². The fourth-order valence-corrected chi connectivity index (χ4v) is 8.13. The number of carbonyl (C=O) groups is 2. The molecule has 0 saturated heterocycles. The molecule has 61 heavy (non-hydrogen) atoms. The molecule has 1 amide bonds. The maximum atomic E-state index is 13.2. The van der Waals surface area contributed by atoms with Crippen molar-refractivity contribution in [3.63, 3.8) is 0 Å². The van der Waals surface area contributed by atoms with Gasteiger partial charge in [-0.05, 0) is 70.6 Å². The molecule has 0 spiro atoms. The van der Waals surface area contributed by atoms with Crippen molar-refractivity contribution in [3.05, 3.63) is 36.5 Å². The van der Waals surface area contributed by atoms with E-state index in [-0.39, 0.29) is 31.3 Å². The maximum Gasteiger partial charge on any atom is 0.306 e. The first-order valence-corrected chi connectivity index (χ1v) is 26.7. The largest absolute Gasteiger partial charge is 0.462 e. The summed E-state index contributed by atoms with van der Waals surface area (Å²) in [7, 11) is 0. The lowest BCUT2D eigenvalue weighted by atomic mass is 10.0. The van der Waals surface area contributed by atoms with Crippen LogP contribution in [-0.4, -0.2) is 46.9 Å². The average Bonchev–Trinajstić information content (AvgIpc) is 3.25. The van der Waals surface area contributed by atoms with Crippen LogP contribution < -0.4 is 5.32 Å². The number of aliphatic hydroxyl groups is 2. The molecule has 0 bridgehead atoms. The molecule has 0 aliphatic rings. The van der Waals surface area contributed by atoms with E-state index < -0.39 is 18.2 Å². The minimum Gasteiger partial charge on any atom is -0.462 e. The number of allylic oxidation sites excluding steroid dienone is 6. The number of rotatable bonds is 48. The molecule has 0 aliphatic carbocycles. The predicted molar refractivity (Wildman–Crippen MR) is 264 cm³/mol. The summed E-state index contributed by atoms with van der Waals surface area (Å²) in [6.45, 7) is 6.47. The van der Waals surface area contributed by atoms with Gasteiger partial charge < -0.3 is 20.3 Å². The zero-order valence-electron chi connectivity index (χ0n) is 40.8. The van der Waals surface area contributed by atoms with Gasteiger partial charge in [-0.2, -0.15) is 0 Å². The second-order valence-corrected chi connectivity index (χ2v) is 18.3. The van der Waals surface area contributed by atoms with Gasteiger partial charge in [-0.1, -0.05) is 231 Å². The van der Waals surface area contributed by atoms with Crippen LogP contribution in [0.3, 0.4) is 0 Å². The van der Waals surface area contributed by atoms with Crippen molar-refractivity contribution < 1.29 is 24.5 Å². The Morgan fingerprint density at radius 2 is 0.836 bits per heavy atom. The number of amides is 1. The third-order valence-electron chi connectivity index (χ3n) is 12.2. The number of ether oxygens (including phenoxy) is 1. The van der Waals surface area contributed by atoms with Crippen LogP contribution in [0.5, 0.6) is 0 Å². The highest BCUT2D eigenvalue weighted by Crippen LogP contribution is 2.17. The van der Waals surface area contributed by atoms with E-state index in [4.69, 9.17) is 4.74 Å². The van der Waals surface area contributed by atoms with Gasteiger partial charge in [0.1, 0.15) is 6.10 Å². The first kappa shape index (κ1) is 59.1. The number of unbranched alkanes of at least 4 members (excludes halogenated alkanes) is 30. The number of aliphatic hydroxyl groups excluding tert-OH is 2. The Morgan fingerprint density at radius 1 is 0.475 bits per heavy atom. The second-order valence-electron chi connectivity index (χ2n) is 18.3. The fraction of sp³-hybridized carbons (Fsp3) is 0.855. The van der Waals surface area contributed by atoms with Crippen molar-refractivity contribution in [2.24, 2.45) is 0 Å². The van der Waals surface area contributed by atoms with Gasteiger partial charge in [-0.15, -0.1) is 0 Å². The van der Waals surface area contributed by atoms with Gasteiger partial charge in [-0.3, -0.25) is 9.59 Å². The van der Waals surface area contributed by atoms with E-state index in [9.17, 15) is 19.8 Å². The molecular formula is C55H103NO5. The van der Waals surface area contributed by atoms with Gasteiger partial charge in [0.05, 0.1) is 25.2 Å². The first-order chi connectivity index (χ1) is 30.0. The Morgan fingerprint density at radius 3 is 1.28 bits per heavy atom. The average molecular weight is 858 g/mol. The third kappa shape index (κ3) is 44.5. The van der Waals surface area contributed by atoms with Crippen molar-refractivity contribution in [3.8, 4) is 0 Å². The van der Waals surface area contributed by atoms with Gasteiger partial charge in [0.25, 0.3) is 0 Å². The van der Waals surface area contributed by atoms with E-state index in [2.05, 4.69) is 56.5 Å². The molecule has 0 rings (SSSR count). The monoisotopic (exact) mass is 858 g/mol. The highest BCUT2D eigenvalue weighted by Gasteiger charge is 2.24. The molecule has 0 fully saturated rings. The molecule has 6 nitrogen and oxygen atoms in total. The molecule has 3 unspecified atom stereocenters. The van der Waals surface area contributed by atoms with E-state index in [0.717, 1.165) is 64.2 Å². The van der Waals surface area contributed by atoms with Crippen molar-refractivity contribution in [2.75, 3.05) is 6.61 Å². The first-order valence-electron chi connectivity index (χ1n) is 26.7. The van der Waals surface area contributed by atoms with Gasteiger partial charge in [0.2, 0.25) is 5.91 Å². The normalized spacial score (nSPS) is 13.5. The van der Waals surface area contributed by atoms with Crippen LogP contribution >= 0.6 is 0 Å². The highest BCUT2D eigenvalue weighted by molar-refractivity contribution is 5.77. The molecule has 3 N–H and O–H groups in total. The molecule has 3 atom stereocenters. The molecular weight excluding hydrogens is 755 g/mol. The van der Waals surface area contributed by atoms with Crippen LogP contribution in [0.2, 0.25) is 0 Å². The van der Waals surface area contributed by atoms with Gasteiger partial charge in [0, 0.05) is 6.42 Å². The lowest BCUT2D eigenvalue weighted by Crippen LogP contribution is -2.46. The number of carbonyl (C=O) groups excluding carboxylic acids is 2. The van der Waals surface area contributed by atoms with E-state index in [1.54, 1.807) is 0 Å². The van der Waals surface area contributed by atoms with Crippen LogP contribution in [0.15, 0.2) is 36.5 Å². The molecule has 0 aliphatic heterocycles. The summed E-state index contributed by atoms with van der Waals surface area (Å²) < 4.78 is 5.89.